The third-order valence-corrected chi connectivity index (χ3v) is 7.14. The molecule has 0 aromatic carbocycles. The number of aliphatic imine (C=N–C) groups is 1. The number of aromatic nitrogens is 2. The van der Waals surface area contributed by atoms with Gasteiger partial charge in [-0.1, -0.05) is 25.3 Å². The molecule has 6 heteroatoms. The molecule has 5 nitrogen and oxygen atoms in total. The largest absolute Gasteiger partial charge is 0.356 e. The van der Waals surface area contributed by atoms with E-state index in [1.54, 1.807) is 0 Å². The number of hydrogen-bond donors (Lipinski definition) is 1. The van der Waals surface area contributed by atoms with Gasteiger partial charge in [0.1, 0.15) is 5.65 Å². The molecule has 2 aliphatic rings. The molecule has 4 rings (SSSR count). The van der Waals surface area contributed by atoms with E-state index < -0.39 is 0 Å². The molecule has 1 saturated carbocycles. The fourth-order valence-electron chi connectivity index (χ4n) is 4.27. The first kappa shape index (κ1) is 17.7. The zero-order valence-electron chi connectivity index (χ0n) is 15.7. The second-order valence-electron chi connectivity index (χ2n) is 7.44. The Morgan fingerprint density at radius 1 is 1.31 bits per heavy atom. The van der Waals surface area contributed by atoms with E-state index >= 15 is 0 Å². The predicted octanol–water partition coefficient (Wildman–Crippen LogP) is 3.20. The second kappa shape index (κ2) is 7.91. The molecule has 1 aliphatic heterocycles. The summed E-state index contributed by atoms with van der Waals surface area (Å²) in [5.74, 6) is 2.27. The molecule has 0 unspecified atom stereocenters. The van der Waals surface area contributed by atoms with Gasteiger partial charge < -0.3 is 14.6 Å². The highest BCUT2D eigenvalue weighted by Crippen LogP contribution is 2.42. The Balaban J connectivity index is 1.34. The monoisotopic (exact) mass is 371 g/mol. The lowest BCUT2D eigenvalue weighted by molar-refractivity contribution is 0.293. The van der Waals surface area contributed by atoms with Crippen LogP contribution < -0.4 is 5.32 Å². The fraction of sp³-hybridized carbons (Fsp3) is 0.600. The molecule has 2 aromatic heterocycles. The Labute approximate surface area is 160 Å². The Morgan fingerprint density at radius 2 is 2.19 bits per heavy atom. The van der Waals surface area contributed by atoms with Gasteiger partial charge in [-0.15, -0.1) is 0 Å². The van der Waals surface area contributed by atoms with E-state index in [4.69, 9.17) is 0 Å². The quantitative estimate of drug-likeness (QED) is 0.665. The summed E-state index contributed by atoms with van der Waals surface area (Å²) >= 11 is 2.20. The van der Waals surface area contributed by atoms with Crippen molar-refractivity contribution in [3.05, 3.63) is 36.3 Å². The van der Waals surface area contributed by atoms with Crippen LogP contribution in [0.4, 0.5) is 0 Å². The van der Waals surface area contributed by atoms with Gasteiger partial charge in [0.05, 0.1) is 5.69 Å². The maximum Gasteiger partial charge on any atom is 0.193 e. The third-order valence-electron chi connectivity index (χ3n) is 5.60. The highest BCUT2D eigenvalue weighted by Gasteiger charge is 2.38. The first-order valence-corrected chi connectivity index (χ1v) is 10.8. The molecule has 2 aromatic rings. The van der Waals surface area contributed by atoms with Crippen LogP contribution in [-0.4, -0.2) is 57.4 Å². The minimum absolute atomic E-state index is 0.468. The summed E-state index contributed by atoms with van der Waals surface area (Å²) < 4.78 is 2.55. The van der Waals surface area contributed by atoms with Crippen LogP contribution in [0.1, 0.15) is 37.8 Å². The number of rotatable bonds is 3. The Morgan fingerprint density at radius 3 is 3.00 bits per heavy atom. The van der Waals surface area contributed by atoms with Crippen LogP contribution in [0.15, 0.2) is 35.6 Å². The molecule has 2 fully saturated rings. The molecular weight excluding hydrogens is 342 g/mol. The summed E-state index contributed by atoms with van der Waals surface area (Å²) in [6.07, 6.45) is 12.0. The van der Waals surface area contributed by atoms with E-state index in [-0.39, 0.29) is 0 Å². The summed E-state index contributed by atoms with van der Waals surface area (Å²) in [6.45, 7) is 3.11. The van der Waals surface area contributed by atoms with Crippen molar-refractivity contribution in [3.8, 4) is 0 Å². The van der Waals surface area contributed by atoms with Gasteiger partial charge >= 0.3 is 0 Å². The van der Waals surface area contributed by atoms with Crippen LogP contribution in [-0.2, 0) is 6.42 Å². The lowest BCUT2D eigenvalue weighted by Crippen LogP contribution is -2.53. The number of hydrogen-bond acceptors (Lipinski definition) is 3. The first-order valence-electron chi connectivity index (χ1n) is 9.80. The van der Waals surface area contributed by atoms with Crippen molar-refractivity contribution in [1.82, 2.24) is 19.6 Å². The van der Waals surface area contributed by atoms with E-state index in [0.29, 0.717) is 4.75 Å². The molecule has 0 atom stereocenters. The summed E-state index contributed by atoms with van der Waals surface area (Å²) in [4.78, 5) is 11.7. The highest BCUT2D eigenvalue weighted by molar-refractivity contribution is 8.00. The highest BCUT2D eigenvalue weighted by atomic mass is 32.2. The number of nitrogens with zero attached hydrogens (tertiary/aromatic N) is 4. The number of fused-ring (bicyclic) bond motifs is 1. The van der Waals surface area contributed by atoms with Crippen molar-refractivity contribution in [2.24, 2.45) is 4.99 Å². The van der Waals surface area contributed by atoms with E-state index in [2.05, 4.69) is 42.6 Å². The number of thioether (sulfide) groups is 1. The van der Waals surface area contributed by atoms with Crippen molar-refractivity contribution in [2.75, 3.05) is 32.4 Å². The number of imidazole rings is 1. The van der Waals surface area contributed by atoms with Gasteiger partial charge in [0, 0.05) is 56.0 Å². The smallest absolute Gasteiger partial charge is 0.193 e. The SMILES string of the molecule is CN=C(NCCc1cn2ccccc2n1)N1CCSC2(CCCCC2)C1. The zero-order chi connectivity index (χ0) is 17.8. The summed E-state index contributed by atoms with van der Waals surface area (Å²) in [5, 5.41) is 3.57. The first-order chi connectivity index (χ1) is 12.8. The topological polar surface area (TPSA) is 44.9 Å². The van der Waals surface area contributed by atoms with Gasteiger partial charge in [-0.05, 0) is 25.0 Å². The number of guanidine groups is 1. The summed E-state index contributed by atoms with van der Waals surface area (Å²) in [6, 6.07) is 6.11. The second-order valence-corrected chi connectivity index (χ2v) is 9.00. The van der Waals surface area contributed by atoms with E-state index in [1.807, 2.05) is 31.4 Å². The van der Waals surface area contributed by atoms with Crippen LogP contribution in [0.5, 0.6) is 0 Å². The van der Waals surface area contributed by atoms with Crippen molar-refractivity contribution in [3.63, 3.8) is 0 Å². The van der Waals surface area contributed by atoms with Crippen molar-refractivity contribution >= 4 is 23.4 Å². The van der Waals surface area contributed by atoms with Crippen molar-refractivity contribution in [2.45, 2.75) is 43.3 Å². The molecule has 1 aliphatic carbocycles. The van der Waals surface area contributed by atoms with Crippen LogP contribution in [0.2, 0.25) is 0 Å². The molecule has 1 N–H and O–H groups in total. The van der Waals surface area contributed by atoms with Gasteiger partial charge in [0.25, 0.3) is 0 Å². The van der Waals surface area contributed by atoms with Crippen LogP contribution in [0, 0.1) is 0 Å². The normalized spacial score (nSPS) is 20.7. The minimum atomic E-state index is 0.468. The number of pyridine rings is 1. The van der Waals surface area contributed by atoms with Crippen molar-refractivity contribution in [1.29, 1.82) is 0 Å². The van der Waals surface area contributed by atoms with Gasteiger partial charge in [-0.3, -0.25) is 4.99 Å². The maximum absolute atomic E-state index is 4.68. The molecule has 26 heavy (non-hydrogen) atoms. The zero-order valence-corrected chi connectivity index (χ0v) is 16.5. The summed E-state index contributed by atoms with van der Waals surface area (Å²) in [5.41, 5.74) is 2.14. The van der Waals surface area contributed by atoms with Crippen LogP contribution in [0.25, 0.3) is 5.65 Å². The maximum atomic E-state index is 4.68. The lowest BCUT2D eigenvalue weighted by atomic mass is 9.87. The Bertz CT molecular complexity index is 724. The average Bonchev–Trinajstić information content (AvgIpc) is 3.09. The Hall–Kier alpha value is -1.69. The van der Waals surface area contributed by atoms with Crippen LogP contribution >= 0.6 is 11.8 Å². The molecule has 0 bridgehead atoms. The lowest BCUT2D eigenvalue weighted by Gasteiger charge is -2.45. The van der Waals surface area contributed by atoms with Gasteiger partial charge in [-0.25, -0.2) is 4.98 Å². The average molecular weight is 372 g/mol. The minimum Gasteiger partial charge on any atom is -0.356 e. The molecule has 140 valence electrons. The number of nitrogens with one attached hydrogen (secondary N) is 1. The van der Waals surface area contributed by atoms with E-state index in [0.717, 1.165) is 43.4 Å². The predicted molar refractivity (Wildman–Crippen MR) is 110 cm³/mol. The van der Waals surface area contributed by atoms with Crippen LogP contribution in [0.3, 0.4) is 0 Å². The standard InChI is InChI=1S/C20H29N5S/c1-21-19(25-13-14-26-20(16-25)9-4-2-5-10-20)22-11-8-17-15-24-12-6-3-7-18(24)23-17/h3,6-7,12,15H,2,4-5,8-11,13-14,16H2,1H3,(H,21,22). The Kier molecular flexibility index (Phi) is 5.38. The van der Waals surface area contributed by atoms with Gasteiger partial charge in [0.2, 0.25) is 0 Å². The fourth-order valence-corrected chi connectivity index (χ4v) is 5.84. The van der Waals surface area contributed by atoms with Gasteiger partial charge in [-0.2, -0.15) is 11.8 Å². The molecule has 1 saturated heterocycles. The molecule has 0 radical (unpaired) electrons. The molecule has 1 spiro atoms. The third kappa shape index (κ3) is 3.85. The van der Waals surface area contributed by atoms with E-state index in [1.165, 1.54) is 37.9 Å². The molecule has 0 amide bonds. The molecule has 3 heterocycles. The van der Waals surface area contributed by atoms with Crippen molar-refractivity contribution < 1.29 is 0 Å². The van der Waals surface area contributed by atoms with E-state index in [9.17, 15) is 0 Å². The summed E-state index contributed by atoms with van der Waals surface area (Å²) in [7, 11) is 1.91. The van der Waals surface area contributed by atoms with Gasteiger partial charge in [0.15, 0.2) is 5.96 Å². The molecular formula is C20H29N5S.